The van der Waals surface area contributed by atoms with E-state index in [1.165, 1.54) is 30.3 Å². The summed E-state index contributed by atoms with van der Waals surface area (Å²) in [7, 11) is 6.33. The van der Waals surface area contributed by atoms with E-state index in [0.717, 1.165) is 66.6 Å². The number of urea groups is 1. The number of carboxylic acid groups (broad SMARTS) is 1. The number of isocyanates is 1. The summed E-state index contributed by atoms with van der Waals surface area (Å²) in [6.45, 7) is 6.78. The van der Waals surface area contributed by atoms with Crippen LogP contribution in [0.2, 0.25) is 0 Å². The highest BCUT2D eigenvalue weighted by Crippen LogP contribution is 2.34. The summed E-state index contributed by atoms with van der Waals surface area (Å²) in [5.74, 6) is 0.876. The van der Waals surface area contributed by atoms with E-state index in [9.17, 15) is 38.4 Å². The van der Waals surface area contributed by atoms with Gasteiger partial charge in [0.15, 0.2) is 23.0 Å². The van der Waals surface area contributed by atoms with Crippen molar-refractivity contribution < 1.29 is 62.4 Å². The number of ether oxygens (including phenoxy) is 4. The number of aldehydes is 2. The molecular weight excluding hydrogens is 1490 g/mol. The number of para-hydroxylation sites is 5. The number of nitrogens with two attached hydrogens (primary N) is 2. The molecule has 12 rings (SSSR count). The van der Waals surface area contributed by atoms with Gasteiger partial charge >= 0.3 is 12.0 Å². The fourth-order valence-electron chi connectivity index (χ4n) is 10.3. The van der Waals surface area contributed by atoms with E-state index in [4.69, 9.17) is 35.5 Å². The number of hydrogen-bond donors (Lipinski definition) is 8. The number of carbonyl (C=O) groups excluding carboxylic acids is 7. The van der Waals surface area contributed by atoms with Crippen LogP contribution in [0.4, 0.5) is 56.0 Å². The number of nitrogens with one attached hydrogen (secondary N) is 5. The molecule has 10 N–H and O–H groups in total. The van der Waals surface area contributed by atoms with Crippen molar-refractivity contribution >= 4 is 123 Å². The number of rotatable bonds is 23. The zero-order chi connectivity index (χ0) is 83.0. The van der Waals surface area contributed by atoms with Crippen LogP contribution in [0.5, 0.6) is 23.0 Å². The number of amides is 5. The first-order valence-corrected chi connectivity index (χ1v) is 37.9. The van der Waals surface area contributed by atoms with Gasteiger partial charge in [-0.05, 0) is 213 Å². The standard InChI is InChI=1S/C30H30N4O4S.C23H24N2O3.C15H13NO2.C8H7NOS.C8H6O3.C7H9N/c1-37-27-17-14-23(18-28(27)38-2)34(30(36)32-22-12-15-24(39-3)16-13-22)19-20-8-10-21(11-9-20)29(35)33-26-7-5-4-6-25(26)31;1-16-6-4-5-7-20(16)25-23(26)18-10-8-17(9-11-18)15-24-19-12-13-21(27-2)22(14-19)28-3;1-11-4-2-3-5-14(11)16-15(18)13-8-6-12(10-17)7-9-13;1-11-8-4-2-7(3-5-8)9-6-10;9-5-6-1-3-7(4-2-6)8(10)11;1-6-4-2-3-5-7(6)8/h4-18H,19,31H2,1-3H3,(H,32,36)(H,33,35);4-14,24H,15H2,1-3H3,(H,25,26);2-10H,1H3,(H,16,18);2-5H,1H3;1-5H,(H,10,11);2-5H,8H2,1H3. The molecule has 0 aliphatic heterocycles. The van der Waals surface area contributed by atoms with E-state index in [2.05, 4.69) is 31.6 Å². The minimum atomic E-state index is -0.984. The van der Waals surface area contributed by atoms with Crippen LogP contribution in [-0.2, 0) is 17.9 Å². The Labute approximate surface area is 677 Å². The quantitative estimate of drug-likeness (QED) is 0.00970. The van der Waals surface area contributed by atoms with Gasteiger partial charge in [0.1, 0.15) is 12.6 Å². The monoisotopic (exact) mass is 1580 g/mol. The molecule has 12 aromatic rings. The van der Waals surface area contributed by atoms with Crippen LogP contribution in [0.25, 0.3) is 0 Å². The molecule has 0 saturated carbocycles. The summed E-state index contributed by atoms with van der Waals surface area (Å²) in [4.78, 5) is 98.8. The van der Waals surface area contributed by atoms with E-state index >= 15 is 0 Å². The lowest BCUT2D eigenvalue weighted by atomic mass is 10.1. The van der Waals surface area contributed by atoms with Crippen molar-refractivity contribution in [2.45, 2.75) is 43.7 Å². The number of benzene rings is 12. The summed E-state index contributed by atoms with van der Waals surface area (Å²) in [6, 6.07) is 82.8. The number of anilines is 8. The van der Waals surface area contributed by atoms with Gasteiger partial charge in [-0.1, -0.05) is 115 Å². The average molecular weight is 1580 g/mol. The first-order valence-electron chi connectivity index (χ1n) is 35.5. The first-order chi connectivity index (χ1) is 55.6. The highest BCUT2D eigenvalue weighted by molar-refractivity contribution is 7.98. The summed E-state index contributed by atoms with van der Waals surface area (Å²) in [6.07, 6.45) is 6.91. The molecule has 0 atom stereocenters. The smallest absolute Gasteiger partial charge is 0.335 e. The number of aromatic carboxylic acids is 1. The number of aliphatic imine (C=N–C) groups is 1. The molecule has 0 fully saturated rings. The molecule has 0 unspecified atom stereocenters. The van der Waals surface area contributed by atoms with Crippen LogP contribution in [-0.4, -0.2) is 94.4 Å². The molecule has 0 heterocycles. The highest BCUT2D eigenvalue weighted by atomic mass is 32.2. The predicted molar refractivity (Wildman–Crippen MR) is 462 cm³/mol. The topological polar surface area (TPSA) is 322 Å². The maximum absolute atomic E-state index is 13.5. The summed E-state index contributed by atoms with van der Waals surface area (Å²) in [5, 5.41) is 23.4. The molecule has 0 bridgehead atoms. The molecule has 0 aliphatic rings. The second-order valence-electron chi connectivity index (χ2n) is 24.7. The van der Waals surface area contributed by atoms with E-state index in [1.807, 2.05) is 197 Å². The third kappa shape index (κ3) is 28.3. The molecule has 22 nitrogen and oxygen atoms in total. The van der Waals surface area contributed by atoms with E-state index in [1.54, 1.807) is 148 Å². The van der Waals surface area contributed by atoms with Crippen LogP contribution < -0.4 is 61.9 Å². The summed E-state index contributed by atoms with van der Waals surface area (Å²) < 4.78 is 21.4. The van der Waals surface area contributed by atoms with Gasteiger partial charge in [-0.2, -0.15) is 4.99 Å². The normalized spacial score (nSPS) is 9.92. The number of hydrogen-bond acceptors (Lipinski definition) is 18. The molecule has 0 aliphatic carbocycles. The van der Waals surface area contributed by atoms with E-state index < -0.39 is 5.97 Å². The molecule has 0 saturated heterocycles. The molecule has 115 heavy (non-hydrogen) atoms. The Bertz CT molecular complexity index is 5220. The maximum Gasteiger partial charge on any atom is 0.335 e. The Morgan fingerprint density at radius 2 is 0.835 bits per heavy atom. The zero-order valence-electron chi connectivity index (χ0n) is 64.8. The van der Waals surface area contributed by atoms with Crippen LogP contribution in [0.3, 0.4) is 0 Å². The van der Waals surface area contributed by atoms with Crippen molar-refractivity contribution in [2.24, 2.45) is 4.99 Å². The van der Waals surface area contributed by atoms with Gasteiger partial charge in [0.2, 0.25) is 6.08 Å². The number of carboxylic acids is 1. The largest absolute Gasteiger partial charge is 0.493 e. The van der Waals surface area contributed by atoms with Crippen molar-refractivity contribution in [3.05, 3.63) is 340 Å². The van der Waals surface area contributed by atoms with Crippen molar-refractivity contribution in [1.29, 1.82) is 0 Å². The third-order valence-electron chi connectivity index (χ3n) is 17.0. The summed E-state index contributed by atoms with van der Waals surface area (Å²) >= 11 is 3.28. The van der Waals surface area contributed by atoms with Gasteiger partial charge in [-0.3, -0.25) is 28.9 Å². The Balaban J connectivity index is 0.000000209. The van der Waals surface area contributed by atoms with Gasteiger partial charge in [-0.25, -0.2) is 14.4 Å². The van der Waals surface area contributed by atoms with Crippen molar-refractivity contribution in [3.63, 3.8) is 0 Å². The SMILES string of the molecule is COc1ccc(N(Cc2ccc(C(=O)Nc3ccccc3N)cc2)C(=O)Nc2ccc(SC)cc2)cc1OC.COc1ccc(NCc2ccc(C(=O)Nc3ccccc3C)cc2)cc1OC.CSc1ccc(N=C=O)cc1.Cc1ccccc1N.Cc1ccccc1NC(=O)c1ccc(C=O)cc1.O=Cc1ccc(C(=O)O)cc1. The molecule has 12 aromatic carbocycles. The average Bonchev–Trinajstić information content (AvgIpc) is 0.817. The molecule has 24 heteroatoms. The Morgan fingerprint density at radius 3 is 1.26 bits per heavy atom. The number of nitrogens with zero attached hydrogens (tertiary/aromatic N) is 2. The van der Waals surface area contributed by atoms with Crippen LogP contribution >= 0.6 is 23.5 Å². The fraction of sp³-hybridized carbons (Fsp3) is 0.121. The number of carbonyl (C=O) groups is 7. The van der Waals surface area contributed by atoms with Gasteiger partial charge in [0.25, 0.3) is 17.7 Å². The second kappa shape index (κ2) is 46.5. The number of methoxy groups -OCH3 is 4. The molecule has 5 amide bonds. The minimum absolute atomic E-state index is 0.117. The van der Waals surface area contributed by atoms with Gasteiger partial charge < -0.3 is 62.1 Å². The molecule has 588 valence electrons. The van der Waals surface area contributed by atoms with Crippen molar-refractivity contribution in [1.82, 2.24) is 0 Å². The Hall–Kier alpha value is -14.2. The number of nitrogen functional groups attached to an aromatic ring is 2. The first kappa shape index (κ1) is 88.0. The van der Waals surface area contributed by atoms with Crippen LogP contribution in [0.1, 0.15) is 90.0 Å². The lowest BCUT2D eigenvalue weighted by Gasteiger charge is -2.24. The second-order valence-corrected chi connectivity index (χ2v) is 26.5. The van der Waals surface area contributed by atoms with Crippen molar-refractivity contribution in [3.8, 4) is 23.0 Å². The molecule has 0 aromatic heterocycles. The van der Waals surface area contributed by atoms with E-state index in [0.29, 0.717) is 92.1 Å². The lowest BCUT2D eigenvalue weighted by Crippen LogP contribution is -2.34. The van der Waals surface area contributed by atoms with Gasteiger partial charge in [0.05, 0.1) is 57.6 Å². The van der Waals surface area contributed by atoms with Crippen LogP contribution in [0, 0.1) is 20.8 Å². The van der Waals surface area contributed by atoms with E-state index in [-0.39, 0.29) is 35.9 Å². The molecular formula is C91H89N9O13S2. The maximum atomic E-state index is 13.5. The highest BCUT2D eigenvalue weighted by Gasteiger charge is 2.21. The zero-order valence-corrected chi connectivity index (χ0v) is 66.5. The molecule has 0 spiro atoms. The van der Waals surface area contributed by atoms with Crippen molar-refractivity contribution in [2.75, 3.05) is 83.9 Å². The fourth-order valence-corrected chi connectivity index (χ4v) is 11.2. The Morgan fingerprint density at radius 1 is 0.435 bits per heavy atom. The third-order valence-corrected chi connectivity index (χ3v) is 18.4. The number of thioether (sulfide) groups is 2. The predicted octanol–water partition coefficient (Wildman–Crippen LogP) is 19.6. The minimum Gasteiger partial charge on any atom is -0.493 e. The van der Waals surface area contributed by atoms with Gasteiger partial charge in [-0.15, -0.1) is 23.5 Å². The molecule has 0 radical (unpaired) electrons. The van der Waals surface area contributed by atoms with Crippen LogP contribution in [0.15, 0.2) is 294 Å². The summed E-state index contributed by atoms with van der Waals surface area (Å²) in [5.41, 5.74) is 25.8. The Kier molecular flexibility index (Phi) is 35.6. The van der Waals surface area contributed by atoms with Gasteiger partial charge in [0, 0.05) is 90.4 Å². The number of aryl methyl sites for hydroxylation is 3. The lowest BCUT2D eigenvalue weighted by molar-refractivity contribution is 0.0695.